The van der Waals surface area contributed by atoms with E-state index in [4.69, 9.17) is 0 Å². The molecule has 0 aromatic carbocycles. The van der Waals surface area contributed by atoms with Gasteiger partial charge in [-0.25, -0.2) is 0 Å². The fraction of sp³-hybridized carbons (Fsp3) is 0.500. The van der Waals surface area contributed by atoms with Crippen LogP contribution in [0, 0.1) is 5.92 Å². The van der Waals surface area contributed by atoms with Crippen LogP contribution in [0.15, 0.2) is 23.0 Å². The van der Waals surface area contributed by atoms with Gasteiger partial charge in [-0.05, 0) is 25.3 Å². The summed E-state index contributed by atoms with van der Waals surface area (Å²) in [5.74, 6) is -1.73. The number of Topliss-reactive ketones (excluding diaryl/α,β-unsaturated/α-hetero) is 1. The van der Waals surface area contributed by atoms with Gasteiger partial charge in [0.25, 0.3) is 0 Å². The van der Waals surface area contributed by atoms with Crippen LogP contribution in [0.1, 0.15) is 20.3 Å². The van der Waals surface area contributed by atoms with Gasteiger partial charge in [-0.1, -0.05) is 6.92 Å². The van der Waals surface area contributed by atoms with Crippen molar-refractivity contribution in [3.8, 4) is 0 Å². The molecule has 1 N–H and O–H groups in total. The van der Waals surface area contributed by atoms with Crippen molar-refractivity contribution in [2.75, 3.05) is 0 Å². The summed E-state index contributed by atoms with van der Waals surface area (Å²) in [5, 5.41) is 9.33. The molecule has 1 aliphatic carbocycles. The number of hydrogen-bond donors (Lipinski definition) is 1. The second-order valence-corrected chi connectivity index (χ2v) is 3.64. The van der Waals surface area contributed by atoms with E-state index in [0.29, 0.717) is 0 Å². The first-order valence-electron chi connectivity index (χ1n) is 4.46. The Kier molecular flexibility index (Phi) is 2.93. The number of carbonyl (C=O) groups excluding carboxylic acids is 1. The monoisotopic (exact) mass is 220 g/mol. The third-order valence-electron chi connectivity index (χ3n) is 2.22. The van der Waals surface area contributed by atoms with E-state index in [0.717, 1.165) is 6.92 Å². The van der Waals surface area contributed by atoms with Crippen LogP contribution < -0.4 is 0 Å². The third-order valence-corrected chi connectivity index (χ3v) is 2.22. The molecule has 0 aromatic heterocycles. The lowest BCUT2D eigenvalue weighted by Gasteiger charge is -2.22. The smallest absolute Gasteiger partial charge is 0.413 e. The Bertz CT molecular complexity index is 350. The SMILES string of the molecule is CC(=O)C1=C(C(F)(F)F)CC(C)C=C1O. The van der Waals surface area contributed by atoms with E-state index in [1.54, 1.807) is 6.92 Å². The molecule has 1 rings (SSSR count). The van der Waals surface area contributed by atoms with Gasteiger partial charge < -0.3 is 5.11 Å². The first-order valence-corrected chi connectivity index (χ1v) is 4.46. The average molecular weight is 220 g/mol. The van der Waals surface area contributed by atoms with Gasteiger partial charge in [0.1, 0.15) is 5.76 Å². The topological polar surface area (TPSA) is 37.3 Å². The van der Waals surface area contributed by atoms with Crippen LogP contribution in [-0.4, -0.2) is 17.1 Å². The molecule has 15 heavy (non-hydrogen) atoms. The molecule has 5 heteroatoms. The van der Waals surface area contributed by atoms with Crippen LogP contribution in [0.5, 0.6) is 0 Å². The summed E-state index contributed by atoms with van der Waals surface area (Å²) in [7, 11) is 0. The number of allylic oxidation sites excluding steroid dienone is 3. The number of ketones is 1. The molecule has 0 bridgehead atoms. The maximum Gasteiger partial charge on any atom is 0.413 e. The van der Waals surface area contributed by atoms with Gasteiger partial charge in [0.2, 0.25) is 0 Å². The standard InChI is InChI=1S/C10H11F3O2/c1-5-3-7(10(11,12)13)9(6(2)14)8(15)4-5/h4-5,15H,3H2,1-2H3. The molecule has 1 aliphatic rings. The first-order chi connectivity index (χ1) is 6.73. The minimum atomic E-state index is -4.56. The second-order valence-electron chi connectivity index (χ2n) is 3.64. The highest BCUT2D eigenvalue weighted by atomic mass is 19.4. The van der Waals surface area contributed by atoms with Crippen LogP contribution in [0.25, 0.3) is 0 Å². The predicted octanol–water partition coefficient (Wildman–Crippen LogP) is 2.92. The molecule has 1 atom stereocenters. The third kappa shape index (κ3) is 2.40. The Hall–Kier alpha value is -1.26. The van der Waals surface area contributed by atoms with Crippen LogP contribution in [0.3, 0.4) is 0 Å². The van der Waals surface area contributed by atoms with Crippen molar-refractivity contribution in [3.05, 3.63) is 23.0 Å². The van der Waals surface area contributed by atoms with E-state index in [1.807, 2.05) is 0 Å². The average Bonchev–Trinajstić information content (AvgIpc) is 1.99. The largest absolute Gasteiger partial charge is 0.508 e. The fourth-order valence-corrected chi connectivity index (χ4v) is 1.64. The molecule has 0 radical (unpaired) electrons. The van der Waals surface area contributed by atoms with E-state index in [2.05, 4.69) is 0 Å². The van der Waals surface area contributed by atoms with E-state index < -0.39 is 34.8 Å². The first kappa shape index (κ1) is 11.8. The molecule has 0 aromatic rings. The number of halogens is 3. The number of aliphatic hydroxyl groups excluding tert-OH is 1. The highest BCUT2D eigenvalue weighted by Gasteiger charge is 2.40. The lowest BCUT2D eigenvalue weighted by Crippen LogP contribution is -2.23. The Morgan fingerprint density at radius 3 is 2.47 bits per heavy atom. The Morgan fingerprint density at radius 2 is 2.07 bits per heavy atom. The van der Waals surface area contributed by atoms with Crippen molar-refractivity contribution in [2.24, 2.45) is 5.92 Å². The predicted molar refractivity (Wildman–Crippen MR) is 48.3 cm³/mol. The zero-order chi connectivity index (χ0) is 11.8. The number of hydrogen-bond acceptors (Lipinski definition) is 2. The summed E-state index contributed by atoms with van der Waals surface area (Å²) in [6, 6.07) is 0. The molecular weight excluding hydrogens is 209 g/mol. The normalized spacial score (nSPS) is 22.7. The lowest BCUT2D eigenvalue weighted by molar-refractivity contribution is -0.116. The molecule has 0 saturated heterocycles. The van der Waals surface area contributed by atoms with Crippen molar-refractivity contribution >= 4 is 5.78 Å². The Labute approximate surface area is 85.1 Å². The van der Waals surface area contributed by atoms with Gasteiger partial charge in [-0.15, -0.1) is 0 Å². The van der Waals surface area contributed by atoms with Gasteiger partial charge in [-0.2, -0.15) is 13.2 Å². The van der Waals surface area contributed by atoms with Crippen molar-refractivity contribution in [2.45, 2.75) is 26.4 Å². The summed E-state index contributed by atoms with van der Waals surface area (Å²) in [6.07, 6.45) is -3.55. The highest BCUT2D eigenvalue weighted by molar-refractivity contribution is 5.98. The summed E-state index contributed by atoms with van der Waals surface area (Å²) >= 11 is 0. The summed E-state index contributed by atoms with van der Waals surface area (Å²) in [5.41, 5.74) is -1.52. The Morgan fingerprint density at radius 1 is 1.53 bits per heavy atom. The lowest BCUT2D eigenvalue weighted by atomic mass is 9.87. The molecular formula is C10H11F3O2. The highest BCUT2D eigenvalue weighted by Crippen LogP contribution is 2.38. The summed E-state index contributed by atoms with van der Waals surface area (Å²) < 4.78 is 37.6. The number of alkyl halides is 3. The molecule has 0 spiro atoms. The van der Waals surface area contributed by atoms with Crippen LogP contribution in [-0.2, 0) is 4.79 Å². The molecule has 0 aliphatic heterocycles. The zero-order valence-corrected chi connectivity index (χ0v) is 8.35. The molecule has 2 nitrogen and oxygen atoms in total. The van der Waals surface area contributed by atoms with E-state index in [1.165, 1.54) is 6.08 Å². The van der Waals surface area contributed by atoms with Gasteiger partial charge in [0, 0.05) is 5.57 Å². The number of rotatable bonds is 1. The van der Waals surface area contributed by atoms with Gasteiger partial charge in [-0.3, -0.25) is 4.79 Å². The van der Waals surface area contributed by atoms with E-state index >= 15 is 0 Å². The van der Waals surface area contributed by atoms with Crippen molar-refractivity contribution in [1.29, 1.82) is 0 Å². The summed E-state index contributed by atoms with van der Waals surface area (Å²) in [6.45, 7) is 2.57. The van der Waals surface area contributed by atoms with E-state index in [-0.39, 0.29) is 6.42 Å². The Balaban J connectivity index is 3.30. The summed E-state index contributed by atoms with van der Waals surface area (Å²) in [4.78, 5) is 11.0. The van der Waals surface area contributed by atoms with E-state index in [9.17, 15) is 23.1 Å². The van der Waals surface area contributed by atoms with Crippen LogP contribution in [0.4, 0.5) is 13.2 Å². The number of aliphatic hydroxyl groups is 1. The molecule has 0 amide bonds. The second kappa shape index (κ2) is 3.72. The van der Waals surface area contributed by atoms with Gasteiger partial charge in [0.15, 0.2) is 5.78 Å². The molecule has 0 fully saturated rings. The molecule has 84 valence electrons. The van der Waals surface area contributed by atoms with Crippen molar-refractivity contribution < 1.29 is 23.1 Å². The minimum Gasteiger partial charge on any atom is -0.508 e. The zero-order valence-electron chi connectivity index (χ0n) is 8.35. The van der Waals surface area contributed by atoms with Gasteiger partial charge >= 0.3 is 6.18 Å². The van der Waals surface area contributed by atoms with Crippen molar-refractivity contribution in [3.63, 3.8) is 0 Å². The fourth-order valence-electron chi connectivity index (χ4n) is 1.64. The minimum absolute atomic E-state index is 0.261. The molecule has 0 heterocycles. The maximum atomic E-state index is 12.5. The molecule has 0 saturated carbocycles. The van der Waals surface area contributed by atoms with Crippen LogP contribution in [0.2, 0.25) is 0 Å². The number of carbonyl (C=O) groups is 1. The molecule has 1 unspecified atom stereocenters. The maximum absolute atomic E-state index is 12.5. The van der Waals surface area contributed by atoms with Gasteiger partial charge in [0.05, 0.1) is 5.57 Å². The van der Waals surface area contributed by atoms with Crippen molar-refractivity contribution in [1.82, 2.24) is 0 Å². The quantitative estimate of drug-likeness (QED) is 0.737. The van der Waals surface area contributed by atoms with Crippen LogP contribution >= 0.6 is 0 Å².